The minimum Gasteiger partial charge on any atom is -0.480 e. The van der Waals surface area contributed by atoms with Crippen LogP contribution in [0.3, 0.4) is 0 Å². The zero-order chi connectivity index (χ0) is 26.1. The summed E-state index contributed by atoms with van der Waals surface area (Å²) in [5.74, 6) is -0.731. The van der Waals surface area contributed by atoms with E-state index in [2.05, 4.69) is 0 Å². The van der Waals surface area contributed by atoms with Crippen LogP contribution in [0.2, 0.25) is 5.02 Å². The van der Waals surface area contributed by atoms with Gasteiger partial charge in [0.2, 0.25) is 10.0 Å². The Morgan fingerprint density at radius 3 is 2.31 bits per heavy atom. The highest BCUT2D eigenvalue weighted by Crippen LogP contribution is 2.40. The minimum absolute atomic E-state index is 0.00672. The average molecular weight is 529 g/mol. The molecular weight excluding hydrogens is 504 g/mol. The highest BCUT2D eigenvalue weighted by atomic mass is 35.5. The topological polar surface area (TPSA) is 127 Å². The van der Waals surface area contributed by atoms with Crippen LogP contribution in [0.5, 0.6) is 5.75 Å². The fourth-order valence-corrected chi connectivity index (χ4v) is 5.79. The number of sulfonamides is 1. The normalized spacial score (nSPS) is 16.1. The fraction of sp³-hybridized carbons (Fsp3) is 0.231. The molecule has 0 bridgehead atoms. The average Bonchev–Trinajstić information content (AvgIpc) is 2.82. The van der Waals surface area contributed by atoms with E-state index in [1.165, 1.54) is 23.4 Å². The zero-order valence-corrected chi connectivity index (χ0v) is 21.0. The third kappa shape index (κ3) is 5.29. The Morgan fingerprint density at radius 1 is 1.08 bits per heavy atom. The van der Waals surface area contributed by atoms with Gasteiger partial charge in [0, 0.05) is 10.6 Å². The van der Waals surface area contributed by atoms with Crippen molar-refractivity contribution >= 4 is 33.4 Å². The number of ether oxygens (including phenoxy) is 1. The summed E-state index contributed by atoms with van der Waals surface area (Å²) < 4.78 is 34.4. The highest BCUT2D eigenvalue weighted by Gasteiger charge is 2.52. The second-order valence-corrected chi connectivity index (χ2v) is 11.1. The molecule has 36 heavy (non-hydrogen) atoms. The maximum atomic E-state index is 13.4. The Labute approximate surface area is 214 Å². The molecule has 0 spiro atoms. The van der Waals surface area contributed by atoms with Gasteiger partial charge in [-0.1, -0.05) is 35.9 Å². The Hall–Kier alpha value is -3.24. The van der Waals surface area contributed by atoms with Gasteiger partial charge in [0.05, 0.1) is 18.0 Å². The van der Waals surface area contributed by atoms with Gasteiger partial charge in [-0.3, -0.25) is 9.59 Å². The van der Waals surface area contributed by atoms with E-state index in [0.717, 1.165) is 5.56 Å². The van der Waals surface area contributed by atoms with Gasteiger partial charge in [-0.25, -0.2) is 8.42 Å². The zero-order valence-electron chi connectivity index (χ0n) is 19.4. The second kappa shape index (κ2) is 10.0. The molecule has 0 radical (unpaired) electrons. The van der Waals surface area contributed by atoms with Crippen molar-refractivity contribution in [2.45, 2.75) is 29.9 Å². The molecule has 8 nitrogen and oxygen atoms in total. The van der Waals surface area contributed by atoms with Gasteiger partial charge in [0.1, 0.15) is 11.8 Å². The summed E-state index contributed by atoms with van der Waals surface area (Å²) in [6.45, 7) is 1.57. The van der Waals surface area contributed by atoms with Crippen LogP contribution >= 0.6 is 11.6 Å². The summed E-state index contributed by atoms with van der Waals surface area (Å²) in [4.78, 5) is 22.7. The lowest BCUT2D eigenvalue weighted by Crippen LogP contribution is -2.64. The number of benzene rings is 3. The third-order valence-corrected chi connectivity index (χ3v) is 8.16. The summed E-state index contributed by atoms with van der Waals surface area (Å²) in [6, 6.07) is 18.7. The van der Waals surface area contributed by atoms with Gasteiger partial charge in [-0.15, -0.1) is 0 Å². The molecule has 1 unspecified atom stereocenters. The molecule has 1 aliphatic rings. The number of carboxylic acid groups (broad SMARTS) is 1. The summed E-state index contributed by atoms with van der Waals surface area (Å²) >= 11 is 6.06. The molecule has 1 aliphatic heterocycles. The van der Waals surface area contributed by atoms with E-state index in [1.807, 2.05) is 0 Å². The van der Waals surface area contributed by atoms with Crippen LogP contribution in [0.25, 0.3) is 0 Å². The quantitative estimate of drug-likeness (QED) is 0.407. The van der Waals surface area contributed by atoms with Crippen molar-refractivity contribution in [3.8, 4) is 5.75 Å². The van der Waals surface area contributed by atoms with Gasteiger partial charge in [-0.2, -0.15) is 4.31 Å². The van der Waals surface area contributed by atoms with E-state index >= 15 is 0 Å². The van der Waals surface area contributed by atoms with Gasteiger partial charge in [0.15, 0.2) is 11.4 Å². The van der Waals surface area contributed by atoms with Gasteiger partial charge in [-0.05, 0) is 73.0 Å². The van der Waals surface area contributed by atoms with E-state index < -0.39 is 27.6 Å². The van der Waals surface area contributed by atoms with Crippen molar-refractivity contribution in [2.75, 3.05) is 13.1 Å². The lowest BCUT2D eigenvalue weighted by molar-refractivity contribution is -0.138. The molecular formula is C26H25ClN2O6S. The van der Waals surface area contributed by atoms with Crippen LogP contribution < -0.4 is 10.5 Å². The van der Waals surface area contributed by atoms with Crippen molar-refractivity contribution in [2.24, 2.45) is 5.73 Å². The monoisotopic (exact) mass is 528 g/mol. The van der Waals surface area contributed by atoms with Crippen molar-refractivity contribution < 1.29 is 27.9 Å². The molecule has 1 fully saturated rings. The number of ketones is 1. The fourth-order valence-electron chi connectivity index (χ4n) is 4.06. The van der Waals surface area contributed by atoms with Crippen molar-refractivity contribution in [1.29, 1.82) is 0 Å². The Kier molecular flexibility index (Phi) is 7.19. The molecule has 188 valence electrons. The third-order valence-electron chi connectivity index (χ3n) is 6.12. The first-order chi connectivity index (χ1) is 17.0. The van der Waals surface area contributed by atoms with Crippen LogP contribution in [0.4, 0.5) is 0 Å². The molecule has 3 aromatic rings. The Bertz CT molecular complexity index is 1380. The summed E-state index contributed by atoms with van der Waals surface area (Å²) in [7, 11) is -3.88. The molecule has 0 amide bonds. The van der Waals surface area contributed by atoms with Crippen LogP contribution in [0.1, 0.15) is 28.4 Å². The molecule has 1 atom stereocenters. The maximum absolute atomic E-state index is 13.4. The van der Waals surface area contributed by atoms with Crippen LogP contribution in [-0.2, 0) is 26.8 Å². The molecule has 0 aromatic heterocycles. The van der Waals surface area contributed by atoms with Crippen molar-refractivity contribution in [3.05, 3.63) is 94.5 Å². The summed E-state index contributed by atoms with van der Waals surface area (Å²) in [5.41, 5.74) is 6.47. The van der Waals surface area contributed by atoms with Crippen LogP contribution in [-0.4, -0.2) is 48.7 Å². The molecule has 3 aromatic carbocycles. The number of carbonyl (C=O) groups is 2. The first-order valence-electron chi connectivity index (χ1n) is 11.1. The van der Waals surface area contributed by atoms with E-state index in [1.54, 1.807) is 60.7 Å². The number of carboxylic acids is 1. The highest BCUT2D eigenvalue weighted by molar-refractivity contribution is 7.89. The first-order valence-corrected chi connectivity index (χ1v) is 13.0. The number of nitrogens with two attached hydrogens (primary N) is 1. The number of aliphatic carboxylic acids is 1. The molecule has 4 rings (SSSR count). The SMILES string of the molecule is CC(=O)c1ccc(OC2(c3ccc(Cl)cc3)CN(S(=O)(=O)c3cccc(CC(N)C(=O)O)c3)C2)cc1. The predicted octanol–water partition coefficient (Wildman–Crippen LogP) is 3.48. The number of halogens is 1. The molecule has 1 heterocycles. The molecule has 0 aliphatic carbocycles. The maximum Gasteiger partial charge on any atom is 0.320 e. The second-order valence-electron chi connectivity index (χ2n) is 8.75. The molecule has 0 saturated carbocycles. The number of Topliss-reactive ketones (excluding diaryl/α,β-unsaturated/α-hetero) is 1. The predicted molar refractivity (Wildman–Crippen MR) is 135 cm³/mol. The van der Waals surface area contributed by atoms with Crippen molar-refractivity contribution in [3.63, 3.8) is 0 Å². The summed E-state index contributed by atoms with van der Waals surface area (Å²) in [5, 5.41) is 9.61. The molecule has 10 heteroatoms. The molecule has 3 N–H and O–H groups in total. The van der Waals surface area contributed by atoms with Crippen LogP contribution in [0.15, 0.2) is 77.7 Å². The smallest absolute Gasteiger partial charge is 0.320 e. The van der Waals surface area contributed by atoms with Crippen LogP contribution in [0, 0.1) is 0 Å². The lowest BCUT2D eigenvalue weighted by atomic mass is 9.87. The minimum atomic E-state index is -3.88. The Balaban J connectivity index is 1.60. The number of rotatable bonds is 9. The number of hydrogen-bond acceptors (Lipinski definition) is 6. The van der Waals surface area contributed by atoms with Gasteiger partial charge >= 0.3 is 5.97 Å². The lowest BCUT2D eigenvalue weighted by Gasteiger charge is -2.49. The van der Waals surface area contributed by atoms with E-state index in [9.17, 15) is 18.0 Å². The van der Waals surface area contributed by atoms with Gasteiger partial charge < -0.3 is 15.6 Å². The number of nitrogens with zero attached hydrogens (tertiary/aromatic N) is 1. The number of hydrogen-bond donors (Lipinski definition) is 2. The van der Waals surface area contributed by atoms with E-state index in [4.69, 9.17) is 27.2 Å². The Morgan fingerprint density at radius 2 is 1.72 bits per heavy atom. The first kappa shape index (κ1) is 25.8. The summed E-state index contributed by atoms with van der Waals surface area (Å²) in [6.07, 6.45) is 0.00672. The standard InChI is InChI=1S/C26H25ClN2O6S/c1-17(30)19-5-11-22(12-6-19)35-26(20-7-9-21(27)10-8-20)15-29(16-26)36(33,34)23-4-2-3-18(13-23)14-24(28)25(31)32/h2-13,24H,14-16,28H2,1H3,(H,31,32). The van der Waals surface area contributed by atoms with E-state index in [-0.39, 0.29) is 30.2 Å². The van der Waals surface area contributed by atoms with Crippen molar-refractivity contribution in [1.82, 2.24) is 4.31 Å². The largest absolute Gasteiger partial charge is 0.480 e. The number of carbonyl (C=O) groups excluding carboxylic acids is 1. The molecule has 1 saturated heterocycles. The van der Waals surface area contributed by atoms with Gasteiger partial charge in [0.25, 0.3) is 0 Å². The van der Waals surface area contributed by atoms with E-state index in [0.29, 0.717) is 21.9 Å².